The average Bonchev–Trinajstić information content (AvgIpc) is 2.17. The lowest BCUT2D eigenvalue weighted by Crippen LogP contribution is -2.40. The molecule has 0 aliphatic carbocycles. The third-order valence-corrected chi connectivity index (χ3v) is 2.15. The lowest BCUT2D eigenvalue weighted by atomic mass is 10.0. The van der Waals surface area contributed by atoms with Gasteiger partial charge in [0.1, 0.15) is 6.10 Å². The fraction of sp³-hybridized carbons (Fsp3) is 0.700. The zero-order chi connectivity index (χ0) is 10.6. The van der Waals surface area contributed by atoms with Gasteiger partial charge in [-0.2, -0.15) is 0 Å². The fourth-order valence-corrected chi connectivity index (χ4v) is 1.41. The zero-order valence-corrected chi connectivity index (χ0v) is 8.32. The minimum absolute atomic E-state index is 0.172. The van der Waals surface area contributed by atoms with Gasteiger partial charge in [0.2, 0.25) is 0 Å². The first kappa shape index (κ1) is 11.0. The van der Waals surface area contributed by atoms with Crippen LogP contribution in [-0.4, -0.2) is 36.5 Å². The van der Waals surface area contributed by atoms with E-state index in [4.69, 9.17) is 9.47 Å². The SMILES string of the molecule is CC#CC(O)C1CC(OC)CC(=O)O1. The molecule has 1 rings (SSSR count). The van der Waals surface area contributed by atoms with Crippen LogP contribution in [0.25, 0.3) is 0 Å². The highest BCUT2D eigenvalue weighted by Crippen LogP contribution is 2.19. The van der Waals surface area contributed by atoms with Gasteiger partial charge < -0.3 is 14.6 Å². The van der Waals surface area contributed by atoms with Crippen LogP contribution in [0.15, 0.2) is 0 Å². The molecule has 1 aliphatic heterocycles. The van der Waals surface area contributed by atoms with E-state index < -0.39 is 12.2 Å². The second-order valence-electron chi connectivity index (χ2n) is 3.17. The van der Waals surface area contributed by atoms with Gasteiger partial charge in [-0.3, -0.25) is 4.79 Å². The van der Waals surface area contributed by atoms with Crippen LogP contribution in [0.1, 0.15) is 19.8 Å². The van der Waals surface area contributed by atoms with E-state index in [9.17, 15) is 9.90 Å². The van der Waals surface area contributed by atoms with E-state index in [2.05, 4.69) is 11.8 Å². The number of carbonyl (C=O) groups excluding carboxylic acids is 1. The van der Waals surface area contributed by atoms with Gasteiger partial charge in [-0.05, 0) is 6.92 Å². The first-order valence-electron chi connectivity index (χ1n) is 4.50. The molecule has 1 aliphatic rings. The van der Waals surface area contributed by atoms with Crippen LogP contribution >= 0.6 is 0 Å². The maximum absolute atomic E-state index is 11.1. The second kappa shape index (κ2) is 4.99. The van der Waals surface area contributed by atoms with Crippen LogP contribution in [0.2, 0.25) is 0 Å². The molecule has 0 spiro atoms. The van der Waals surface area contributed by atoms with E-state index in [-0.39, 0.29) is 18.5 Å². The molecule has 1 saturated heterocycles. The summed E-state index contributed by atoms with van der Waals surface area (Å²) in [7, 11) is 1.54. The van der Waals surface area contributed by atoms with Crippen molar-refractivity contribution in [1.29, 1.82) is 0 Å². The van der Waals surface area contributed by atoms with Crippen LogP contribution in [0.5, 0.6) is 0 Å². The summed E-state index contributed by atoms with van der Waals surface area (Å²) < 4.78 is 10.0. The lowest BCUT2D eigenvalue weighted by Gasteiger charge is -2.29. The minimum atomic E-state index is -0.915. The molecule has 1 N–H and O–H groups in total. The van der Waals surface area contributed by atoms with Crippen molar-refractivity contribution in [3.8, 4) is 11.8 Å². The summed E-state index contributed by atoms with van der Waals surface area (Å²) in [5, 5.41) is 9.50. The molecule has 78 valence electrons. The summed E-state index contributed by atoms with van der Waals surface area (Å²) in [6.07, 6.45) is -0.901. The van der Waals surface area contributed by atoms with Crippen molar-refractivity contribution in [3.63, 3.8) is 0 Å². The Bertz CT molecular complexity index is 263. The van der Waals surface area contributed by atoms with Gasteiger partial charge in [-0.15, -0.1) is 5.92 Å². The molecular formula is C10H14O4. The fourth-order valence-electron chi connectivity index (χ4n) is 1.41. The molecule has 0 aromatic heterocycles. The lowest BCUT2D eigenvalue weighted by molar-refractivity contribution is -0.167. The van der Waals surface area contributed by atoms with Crippen molar-refractivity contribution in [2.45, 2.75) is 38.1 Å². The first-order chi connectivity index (χ1) is 6.67. The normalized spacial score (nSPS) is 28.6. The van der Waals surface area contributed by atoms with Crippen LogP contribution in [0.4, 0.5) is 0 Å². The van der Waals surface area contributed by atoms with E-state index in [1.54, 1.807) is 6.92 Å². The third kappa shape index (κ3) is 2.72. The van der Waals surface area contributed by atoms with Crippen molar-refractivity contribution in [1.82, 2.24) is 0 Å². The molecule has 14 heavy (non-hydrogen) atoms. The number of methoxy groups -OCH3 is 1. The van der Waals surface area contributed by atoms with E-state index in [0.29, 0.717) is 6.42 Å². The van der Waals surface area contributed by atoms with Crippen molar-refractivity contribution in [2.24, 2.45) is 0 Å². The number of rotatable bonds is 2. The number of hydrogen-bond donors (Lipinski definition) is 1. The summed E-state index contributed by atoms with van der Waals surface area (Å²) in [5.41, 5.74) is 0. The van der Waals surface area contributed by atoms with Gasteiger partial charge in [-0.25, -0.2) is 0 Å². The van der Waals surface area contributed by atoms with E-state index >= 15 is 0 Å². The molecule has 0 saturated carbocycles. The Morgan fingerprint density at radius 3 is 3.00 bits per heavy atom. The molecule has 0 aromatic carbocycles. The predicted molar refractivity (Wildman–Crippen MR) is 49.4 cm³/mol. The van der Waals surface area contributed by atoms with Gasteiger partial charge in [0, 0.05) is 13.5 Å². The molecule has 4 heteroatoms. The Balaban J connectivity index is 2.59. The van der Waals surface area contributed by atoms with Gasteiger partial charge in [0.25, 0.3) is 0 Å². The van der Waals surface area contributed by atoms with Crippen molar-refractivity contribution in [3.05, 3.63) is 0 Å². The number of aliphatic hydroxyl groups is 1. The number of cyclic esters (lactones) is 1. The summed E-state index contributed by atoms with van der Waals surface area (Å²) >= 11 is 0. The summed E-state index contributed by atoms with van der Waals surface area (Å²) in [5.74, 6) is 4.79. The maximum atomic E-state index is 11.1. The van der Waals surface area contributed by atoms with Crippen molar-refractivity contribution in [2.75, 3.05) is 7.11 Å². The Morgan fingerprint density at radius 2 is 2.43 bits per heavy atom. The molecule has 0 radical (unpaired) electrons. The van der Waals surface area contributed by atoms with Crippen LogP contribution in [0.3, 0.4) is 0 Å². The average molecular weight is 198 g/mol. The monoisotopic (exact) mass is 198 g/mol. The second-order valence-corrected chi connectivity index (χ2v) is 3.17. The smallest absolute Gasteiger partial charge is 0.308 e. The highest BCUT2D eigenvalue weighted by molar-refractivity contribution is 5.71. The number of hydrogen-bond acceptors (Lipinski definition) is 4. The zero-order valence-electron chi connectivity index (χ0n) is 8.32. The Labute approximate surface area is 83.2 Å². The topological polar surface area (TPSA) is 55.8 Å². The highest BCUT2D eigenvalue weighted by atomic mass is 16.6. The molecule has 1 heterocycles. The molecule has 3 atom stereocenters. The Morgan fingerprint density at radius 1 is 1.71 bits per heavy atom. The number of carbonyl (C=O) groups is 1. The highest BCUT2D eigenvalue weighted by Gasteiger charge is 2.32. The van der Waals surface area contributed by atoms with Crippen molar-refractivity contribution >= 4 is 5.97 Å². The predicted octanol–water partition coefficient (Wildman–Crippen LogP) is 0.0912. The molecular weight excluding hydrogens is 184 g/mol. The van der Waals surface area contributed by atoms with E-state index in [1.165, 1.54) is 7.11 Å². The van der Waals surface area contributed by atoms with Crippen LogP contribution < -0.4 is 0 Å². The van der Waals surface area contributed by atoms with Crippen LogP contribution in [0, 0.1) is 11.8 Å². The Hall–Kier alpha value is -1.05. The summed E-state index contributed by atoms with van der Waals surface area (Å²) in [4.78, 5) is 11.1. The third-order valence-electron chi connectivity index (χ3n) is 2.15. The van der Waals surface area contributed by atoms with E-state index in [1.807, 2.05) is 0 Å². The first-order valence-corrected chi connectivity index (χ1v) is 4.50. The minimum Gasteiger partial charge on any atom is -0.458 e. The maximum Gasteiger partial charge on any atom is 0.308 e. The molecule has 3 unspecified atom stereocenters. The quantitative estimate of drug-likeness (QED) is 0.504. The van der Waals surface area contributed by atoms with E-state index in [0.717, 1.165) is 0 Å². The molecule has 0 amide bonds. The van der Waals surface area contributed by atoms with Crippen molar-refractivity contribution < 1.29 is 19.4 Å². The molecule has 0 aromatic rings. The standard InChI is InChI=1S/C10H14O4/c1-3-4-8(11)9-5-7(13-2)6-10(12)14-9/h7-9,11H,5-6H2,1-2H3. The molecule has 4 nitrogen and oxygen atoms in total. The van der Waals surface area contributed by atoms with Gasteiger partial charge >= 0.3 is 5.97 Å². The Kier molecular flexibility index (Phi) is 3.93. The van der Waals surface area contributed by atoms with Crippen LogP contribution in [-0.2, 0) is 14.3 Å². The molecule has 1 fully saturated rings. The van der Waals surface area contributed by atoms with Gasteiger partial charge in [0.05, 0.1) is 12.5 Å². The van der Waals surface area contributed by atoms with Gasteiger partial charge in [-0.1, -0.05) is 5.92 Å². The summed E-state index contributed by atoms with van der Waals surface area (Å²) in [6.45, 7) is 1.63. The largest absolute Gasteiger partial charge is 0.458 e. The number of aliphatic hydroxyl groups excluding tert-OH is 1. The molecule has 0 bridgehead atoms. The number of ether oxygens (including phenoxy) is 2. The van der Waals surface area contributed by atoms with Gasteiger partial charge in [0.15, 0.2) is 6.10 Å². The summed E-state index contributed by atoms with van der Waals surface area (Å²) in [6, 6.07) is 0. The number of esters is 1.